The molecule has 1 aromatic carbocycles. The summed E-state index contributed by atoms with van der Waals surface area (Å²) in [4.78, 5) is 69.1. The number of carbonyl (C=O) groups excluding carboxylic acids is 5. The fourth-order valence-electron chi connectivity index (χ4n) is 5.75. The molecule has 0 saturated carbocycles. The van der Waals surface area contributed by atoms with E-state index in [-0.39, 0.29) is 55.5 Å². The van der Waals surface area contributed by atoms with E-state index < -0.39 is 24.6 Å². The zero-order valence-corrected chi connectivity index (χ0v) is 28.5. The quantitative estimate of drug-likeness (QED) is 0.251. The average molecular weight is 647 g/mol. The molecule has 13 heteroatoms. The second kappa shape index (κ2) is 16.0. The molecule has 46 heavy (non-hydrogen) atoms. The van der Waals surface area contributed by atoms with Crippen LogP contribution in [0.15, 0.2) is 12.1 Å². The Balaban J connectivity index is 1.77. The first kappa shape index (κ1) is 36.4. The van der Waals surface area contributed by atoms with Crippen LogP contribution < -0.4 is 15.0 Å². The lowest BCUT2D eigenvalue weighted by atomic mass is 9.97. The second-order valence-corrected chi connectivity index (χ2v) is 12.4. The van der Waals surface area contributed by atoms with Crippen LogP contribution in [0.1, 0.15) is 96.5 Å². The summed E-state index contributed by atoms with van der Waals surface area (Å²) < 4.78 is 21.3. The Kier molecular flexibility index (Phi) is 12.7. The maximum absolute atomic E-state index is 14.2. The van der Waals surface area contributed by atoms with Crippen LogP contribution in [0.3, 0.4) is 0 Å². The normalized spacial score (nSPS) is 17.3. The van der Waals surface area contributed by atoms with Gasteiger partial charge in [-0.15, -0.1) is 0 Å². The van der Waals surface area contributed by atoms with E-state index in [1.165, 1.54) is 4.90 Å². The van der Waals surface area contributed by atoms with Crippen molar-refractivity contribution in [3.05, 3.63) is 23.3 Å². The molecule has 2 heterocycles. The van der Waals surface area contributed by atoms with Gasteiger partial charge in [-0.3, -0.25) is 14.4 Å². The van der Waals surface area contributed by atoms with Gasteiger partial charge in [-0.25, -0.2) is 9.59 Å². The topological polar surface area (TPSA) is 144 Å². The fraction of sp³-hybridized carbons (Fsp3) is 0.667. The lowest BCUT2D eigenvalue weighted by Gasteiger charge is -2.42. The molecule has 2 aliphatic heterocycles. The minimum atomic E-state index is -1.12. The Morgan fingerprint density at radius 3 is 2.43 bits per heavy atom. The Morgan fingerprint density at radius 2 is 1.80 bits per heavy atom. The van der Waals surface area contributed by atoms with Gasteiger partial charge in [0.05, 0.1) is 11.7 Å². The van der Waals surface area contributed by atoms with E-state index in [4.69, 9.17) is 18.9 Å². The smallest absolute Gasteiger partial charge is 0.476 e. The van der Waals surface area contributed by atoms with Crippen LogP contribution in [0, 0.1) is 6.92 Å². The Bertz CT molecular complexity index is 1280. The third-order valence-corrected chi connectivity index (χ3v) is 8.30. The standard InChI is InChI=1S/C33H50N4O9/c1-9-24(10-2)45-32(42)44-20-43-31(41)35-15-12-13-23(19-35)37(21(4)5)29(39)25-18-26-27(17-22(25)6)46-33(7,8)30(40)36(26)16-14-34-28(38)11-3/h17-18,21,23-24H,9-16,19-20H2,1-8H3,(H,34,38)/t23-/m1/s1. The van der Waals surface area contributed by atoms with Crippen LogP contribution in [-0.2, 0) is 23.8 Å². The molecule has 0 bridgehead atoms. The minimum Gasteiger partial charge on any atom is -0.476 e. The van der Waals surface area contributed by atoms with Crippen LogP contribution in [0.5, 0.6) is 5.75 Å². The van der Waals surface area contributed by atoms with Crippen molar-refractivity contribution in [2.75, 3.05) is 37.9 Å². The van der Waals surface area contributed by atoms with Crippen molar-refractivity contribution < 1.29 is 42.9 Å². The summed E-state index contributed by atoms with van der Waals surface area (Å²) in [5.74, 6) is -0.151. The van der Waals surface area contributed by atoms with Crippen LogP contribution in [0.4, 0.5) is 15.3 Å². The molecule has 3 rings (SSSR count). The van der Waals surface area contributed by atoms with E-state index in [2.05, 4.69) is 5.32 Å². The summed E-state index contributed by atoms with van der Waals surface area (Å²) in [7, 11) is 0. The van der Waals surface area contributed by atoms with Gasteiger partial charge in [-0.05, 0) is 78.0 Å². The largest absolute Gasteiger partial charge is 0.511 e. The average Bonchev–Trinajstić information content (AvgIpc) is 3.01. The molecule has 1 atom stereocenters. The molecule has 13 nitrogen and oxygen atoms in total. The number of anilines is 1. The van der Waals surface area contributed by atoms with Crippen LogP contribution in [0.2, 0.25) is 0 Å². The number of aryl methyl sites for hydroxylation is 1. The molecule has 1 fully saturated rings. The number of hydrogen-bond acceptors (Lipinski definition) is 9. The number of fused-ring (bicyclic) bond motifs is 1. The molecule has 0 aromatic heterocycles. The highest BCUT2D eigenvalue weighted by Gasteiger charge is 2.42. The van der Waals surface area contributed by atoms with Crippen molar-refractivity contribution in [2.24, 2.45) is 0 Å². The zero-order chi connectivity index (χ0) is 34.2. The SMILES string of the molecule is CCC(=O)NCCN1C(=O)C(C)(C)Oc2cc(C)c(C(=O)N(C(C)C)[C@@H]3CCCN(C(=O)OCOC(=O)OC(CC)CC)C3)cc21. The lowest BCUT2D eigenvalue weighted by molar-refractivity contribution is -0.132. The molecule has 1 N–H and O–H groups in total. The van der Waals surface area contributed by atoms with Crippen LogP contribution in [0.25, 0.3) is 0 Å². The van der Waals surface area contributed by atoms with Gasteiger partial charge in [0.2, 0.25) is 12.7 Å². The third kappa shape index (κ3) is 8.82. The van der Waals surface area contributed by atoms with Crippen molar-refractivity contribution in [3.8, 4) is 5.75 Å². The minimum absolute atomic E-state index is 0.120. The van der Waals surface area contributed by atoms with Gasteiger partial charge in [0.25, 0.3) is 11.8 Å². The van der Waals surface area contributed by atoms with E-state index in [1.807, 2.05) is 34.6 Å². The van der Waals surface area contributed by atoms with Gasteiger partial charge in [0, 0.05) is 44.2 Å². The summed E-state index contributed by atoms with van der Waals surface area (Å²) in [6.07, 6.45) is 1.15. The molecule has 4 amide bonds. The molecule has 256 valence electrons. The Labute approximate surface area is 271 Å². The zero-order valence-electron chi connectivity index (χ0n) is 28.5. The molecule has 1 saturated heterocycles. The number of nitrogens with one attached hydrogen (secondary N) is 1. The number of likely N-dealkylation sites (tertiary alicyclic amines) is 1. The molecular formula is C33H50N4O9. The van der Waals surface area contributed by atoms with Crippen LogP contribution in [-0.4, -0.2) is 96.5 Å². The number of carbonyl (C=O) groups is 5. The summed E-state index contributed by atoms with van der Waals surface area (Å²) in [5, 5.41) is 2.80. The van der Waals surface area contributed by atoms with E-state index >= 15 is 0 Å². The molecule has 0 spiro atoms. The summed E-state index contributed by atoms with van der Waals surface area (Å²) >= 11 is 0. The van der Waals surface area contributed by atoms with Crippen molar-refractivity contribution in [2.45, 2.75) is 111 Å². The number of nitrogens with zero attached hydrogens (tertiary/aromatic N) is 3. The first-order chi connectivity index (χ1) is 21.7. The predicted molar refractivity (Wildman–Crippen MR) is 171 cm³/mol. The monoisotopic (exact) mass is 646 g/mol. The lowest BCUT2D eigenvalue weighted by Crippen LogP contribution is -2.55. The Morgan fingerprint density at radius 1 is 1.11 bits per heavy atom. The summed E-state index contributed by atoms with van der Waals surface area (Å²) in [6.45, 7) is 15.2. The molecular weight excluding hydrogens is 596 g/mol. The van der Waals surface area contributed by atoms with Crippen molar-refractivity contribution in [1.29, 1.82) is 0 Å². The summed E-state index contributed by atoms with van der Waals surface area (Å²) in [5.41, 5.74) is 0.436. The van der Waals surface area contributed by atoms with Crippen molar-refractivity contribution in [1.82, 2.24) is 15.1 Å². The maximum atomic E-state index is 14.2. The second-order valence-electron chi connectivity index (χ2n) is 12.4. The summed E-state index contributed by atoms with van der Waals surface area (Å²) in [6, 6.07) is 2.95. The molecule has 0 unspecified atom stereocenters. The number of hydrogen-bond donors (Lipinski definition) is 1. The number of rotatable bonds is 12. The number of amides is 4. The first-order valence-electron chi connectivity index (χ1n) is 16.2. The number of ether oxygens (including phenoxy) is 4. The highest BCUT2D eigenvalue weighted by atomic mass is 16.8. The Hall–Kier alpha value is -4.03. The highest BCUT2D eigenvalue weighted by molar-refractivity contribution is 6.05. The molecule has 0 aliphatic carbocycles. The van der Waals surface area contributed by atoms with Gasteiger partial charge in [0.1, 0.15) is 11.9 Å². The number of benzene rings is 1. The van der Waals surface area contributed by atoms with Crippen molar-refractivity contribution >= 4 is 35.7 Å². The molecule has 2 aliphatic rings. The maximum Gasteiger partial charge on any atom is 0.511 e. The van der Waals surface area contributed by atoms with Gasteiger partial charge < -0.3 is 39.0 Å². The molecule has 1 aromatic rings. The van der Waals surface area contributed by atoms with Gasteiger partial charge in [-0.1, -0.05) is 20.8 Å². The first-order valence-corrected chi connectivity index (χ1v) is 16.2. The predicted octanol–water partition coefficient (Wildman–Crippen LogP) is 4.78. The number of piperidine rings is 1. The van der Waals surface area contributed by atoms with Gasteiger partial charge in [0.15, 0.2) is 5.60 Å². The van der Waals surface area contributed by atoms with E-state index in [9.17, 15) is 24.0 Å². The fourth-order valence-corrected chi connectivity index (χ4v) is 5.75. The third-order valence-electron chi connectivity index (χ3n) is 8.30. The van der Waals surface area contributed by atoms with Gasteiger partial charge in [-0.2, -0.15) is 0 Å². The van der Waals surface area contributed by atoms with Crippen molar-refractivity contribution in [3.63, 3.8) is 0 Å². The van der Waals surface area contributed by atoms with E-state index in [1.54, 1.807) is 42.7 Å². The van der Waals surface area contributed by atoms with Crippen LogP contribution >= 0.6 is 0 Å². The molecule has 0 radical (unpaired) electrons. The van der Waals surface area contributed by atoms with E-state index in [0.29, 0.717) is 61.2 Å². The van der Waals surface area contributed by atoms with E-state index in [0.717, 1.165) is 0 Å². The highest BCUT2D eigenvalue weighted by Crippen LogP contribution is 2.40. The van der Waals surface area contributed by atoms with Gasteiger partial charge >= 0.3 is 12.2 Å².